The molecule has 0 bridgehead atoms. The van der Waals surface area contributed by atoms with Gasteiger partial charge in [-0.25, -0.2) is 4.52 Å². The van der Waals surface area contributed by atoms with E-state index in [-0.39, 0.29) is 0 Å². The van der Waals surface area contributed by atoms with Crippen LogP contribution in [-0.4, -0.2) is 40.3 Å². The molecule has 32 heavy (non-hydrogen) atoms. The van der Waals surface area contributed by atoms with Gasteiger partial charge in [0.15, 0.2) is 11.4 Å². The molecule has 5 rings (SSSR count). The van der Waals surface area contributed by atoms with Crippen molar-refractivity contribution in [2.75, 3.05) is 29.9 Å². The summed E-state index contributed by atoms with van der Waals surface area (Å²) in [6.45, 7) is 5.65. The van der Waals surface area contributed by atoms with Gasteiger partial charge in [-0.15, -0.1) is 5.10 Å². The zero-order valence-corrected chi connectivity index (χ0v) is 18.6. The van der Waals surface area contributed by atoms with Crippen molar-refractivity contribution in [1.29, 1.82) is 0 Å². The Bertz CT molecular complexity index is 1210. The third kappa shape index (κ3) is 4.64. The highest BCUT2D eigenvalue weighted by Crippen LogP contribution is 2.24. The van der Waals surface area contributed by atoms with Gasteiger partial charge in [0.25, 0.3) is 0 Å². The van der Waals surface area contributed by atoms with Crippen LogP contribution < -0.4 is 20.3 Å². The summed E-state index contributed by atoms with van der Waals surface area (Å²) in [4.78, 5) is 7.03. The van der Waals surface area contributed by atoms with Crippen LogP contribution in [0.1, 0.15) is 12.5 Å². The Hall–Kier alpha value is -3.29. The lowest BCUT2D eigenvalue weighted by molar-refractivity contribution is 0.308. The molecule has 0 spiro atoms. The van der Waals surface area contributed by atoms with E-state index in [1.807, 2.05) is 42.6 Å². The molecule has 1 aliphatic rings. The lowest BCUT2D eigenvalue weighted by Gasteiger charge is -2.33. The molecule has 4 aromatic rings. The van der Waals surface area contributed by atoms with Crippen molar-refractivity contribution >= 4 is 34.6 Å². The Balaban J connectivity index is 1.29. The predicted octanol–water partition coefficient (Wildman–Crippen LogP) is 4.50. The smallest absolute Gasteiger partial charge is 0.247 e. The van der Waals surface area contributed by atoms with Crippen molar-refractivity contribution in [3.05, 3.63) is 77.4 Å². The maximum Gasteiger partial charge on any atom is 0.247 e. The fourth-order valence-electron chi connectivity index (χ4n) is 3.89. The highest BCUT2D eigenvalue weighted by atomic mass is 35.5. The number of halogens is 1. The zero-order valence-electron chi connectivity index (χ0n) is 17.8. The number of nitrogens with zero attached hydrogens (tertiary/aromatic N) is 4. The molecule has 2 N–H and O–H groups in total. The zero-order chi connectivity index (χ0) is 21.9. The van der Waals surface area contributed by atoms with E-state index in [2.05, 4.69) is 56.8 Å². The predicted molar refractivity (Wildman–Crippen MR) is 128 cm³/mol. The van der Waals surface area contributed by atoms with Crippen molar-refractivity contribution < 1.29 is 4.74 Å². The molecule has 2 aromatic heterocycles. The molecular weight excluding hydrogens is 424 g/mol. The molecule has 7 nitrogen and oxygen atoms in total. The van der Waals surface area contributed by atoms with Gasteiger partial charge >= 0.3 is 0 Å². The molecule has 8 heteroatoms. The van der Waals surface area contributed by atoms with Gasteiger partial charge in [-0.05, 0) is 61.0 Å². The molecule has 0 aliphatic carbocycles. The van der Waals surface area contributed by atoms with E-state index in [4.69, 9.17) is 16.3 Å². The standard InChI is InChI=1S/C24H25ClN6O/c1-17-15-30(13-11-26-17)21-9-7-20(8-10-21)27-24-28-23-22(6-3-12-31(23)29-24)32-16-18-4-2-5-19(25)14-18/h2-10,12,14,17,26H,11,13,15-16H2,1H3,(H,27,29). The van der Waals surface area contributed by atoms with E-state index >= 15 is 0 Å². The fourth-order valence-corrected chi connectivity index (χ4v) is 4.10. The monoisotopic (exact) mass is 448 g/mol. The van der Waals surface area contributed by atoms with E-state index in [0.29, 0.717) is 35.0 Å². The summed E-state index contributed by atoms with van der Waals surface area (Å²) in [5.41, 5.74) is 3.82. The van der Waals surface area contributed by atoms with Gasteiger partial charge in [0.05, 0.1) is 0 Å². The molecule has 1 fully saturated rings. The van der Waals surface area contributed by atoms with Gasteiger partial charge < -0.3 is 20.3 Å². The van der Waals surface area contributed by atoms with Crippen LogP contribution >= 0.6 is 11.6 Å². The van der Waals surface area contributed by atoms with Gasteiger partial charge in [-0.1, -0.05) is 23.7 Å². The summed E-state index contributed by atoms with van der Waals surface area (Å²) >= 11 is 6.07. The van der Waals surface area contributed by atoms with Crippen LogP contribution in [0.15, 0.2) is 66.9 Å². The number of ether oxygens (including phenoxy) is 1. The summed E-state index contributed by atoms with van der Waals surface area (Å²) in [7, 11) is 0. The van der Waals surface area contributed by atoms with E-state index in [1.54, 1.807) is 4.52 Å². The SMILES string of the molecule is CC1CN(c2ccc(Nc3nc4c(OCc5cccc(Cl)c5)cccn4n3)cc2)CCN1. The number of benzene rings is 2. The van der Waals surface area contributed by atoms with Gasteiger partial charge in [-0.2, -0.15) is 4.98 Å². The Morgan fingerprint density at radius 2 is 2.03 bits per heavy atom. The molecule has 0 saturated carbocycles. The number of hydrogen-bond donors (Lipinski definition) is 2. The van der Waals surface area contributed by atoms with Gasteiger partial charge in [0.2, 0.25) is 5.95 Å². The maximum absolute atomic E-state index is 6.07. The third-order valence-corrected chi connectivity index (χ3v) is 5.70. The second-order valence-electron chi connectivity index (χ2n) is 7.97. The minimum atomic E-state index is 0.405. The van der Waals surface area contributed by atoms with Gasteiger partial charge in [0.1, 0.15) is 6.61 Å². The van der Waals surface area contributed by atoms with Crippen LogP contribution in [-0.2, 0) is 6.61 Å². The molecule has 3 heterocycles. The second-order valence-corrected chi connectivity index (χ2v) is 8.40. The number of anilines is 3. The number of fused-ring (bicyclic) bond motifs is 1. The molecule has 164 valence electrons. The molecule has 2 aromatic carbocycles. The van der Waals surface area contributed by atoms with E-state index in [0.717, 1.165) is 30.9 Å². The third-order valence-electron chi connectivity index (χ3n) is 5.47. The number of pyridine rings is 1. The van der Waals surface area contributed by atoms with Crippen molar-refractivity contribution in [2.45, 2.75) is 19.6 Å². The lowest BCUT2D eigenvalue weighted by Crippen LogP contribution is -2.49. The topological polar surface area (TPSA) is 66.7 Å². The van der Waals surface area contributed by atoms with Crippen LogP contribution in [0.25, 0.3) is 5.65 Å². The molecule has 1 saturated heterocycles. The van der Waals surface area contributed by atoms with Crippen molar-refractivity contribution in [3.63, 3.8) is 0 Å². The van der Waals surface area contributed by atoms with Gasteiger partial charge in [-0.3, -0.25) is 0 Å². The number of hydrogen-bond acceptors (Lipinski definition) is 6. The van der Waals surface area contributed by atoms with Gasteiger partial charge in [0, 0.05) is 48.3 Å². The summed E-state index contributed by atoms with van der Waals surface area (Å²) in [6, 6.07) is 20.3. The summed E-state index contributed by atoms with van der Waals surface area (Å²) in [6.07, 6.45) is 1.86. The van der Waals surface area contributed by atoms with E-state index in [1.165, 1.54) is 5.69 Å². The Kier molecular flexibility index (Phi) is 5.83. The lowest BCUT2D eigenvalue weighted by atomic mass is 10.2. The minimum Gasteiger partial charge on any atom is -0.485 e. The molecular formula is C24H25ClN6O. The Morgan fingerprint density at radius 3 is 2.84 bits per heavy atom. The first-order valence-corrected chi connectivity index (χ1v) is 11.1. The summed E-state index contributed by atoms with van der Waals surface area (Å²) in [5, 5.41) is 12.0. The maximum atomic E-state index is 6.07. The van der Waals surface area contributed by atoms with Crippen molar-refractivity contribution in [3.8, 4) is 5.75 Å². The summed E-state index contributed by atoms with van der Waals surface area (Å²) < 4.78 is 7.71. The van der Waals surface area contributed by atoms with Crippen molar-refractivity contribution in [1.82, 2.24) is 19.9 Å². The molecule has 0 amide bonds. The van der Waals surface area contributed by atoms with Crippen LogP contribution in [0.3, 0.4) is 0 Å². The normalized spacial score (nSPS) is 16.3. The number of piperazine rings is 1. The average molecular weight is 449 g/mol. The quantitative estimate of drug-likeness (QED) is 0.452. The number of rotatable bonds is 6. The minimum absolute atomic E-state index is 0.405. The summed E-state index contributed by atoms with van der Waals surface area (Å²) in [5.74, 6) is 1.18. The van der Waals surface area contributed by atoms with Crippen LogP contribution in [0, 0.1) is 0 Å². The first-order valence-electron chi connectivity index (χ1n) is 10.7. The molecule has 1 aliphatic heterocycles. The highest BCUT2D eigenvalue weighted by molar-refractivity contribution is 6.30. The van der Waals surface area contributed by atoms with Crippen molar-refractivity contribution in [2.24, 2.45) is 0 Å². The number of nitrogens with one attached hydrogen (secondary N) is 2. The van der Waals surface area contributed by atoms with E-state index < -0.39 is 0 Å². The Morgan fingerprint density at radius 1 is 1.16 bits per heavy atom. The first-order chi connectivity index (χ1) is 15.6. The number of aromatic nitrogens is 3. The molecule has 1 unspecified atom stereocenters. The Labute approximate surface area is 192 Å². The fraction of sp³-hybridized carbons (Fsp3) is 0.250. The van der Waals surface area contributed by atoms with Crippen LogP contribution in [0.4, 0.5) is 17.3 Å². The largest absolute Gasteiger partial charge is 0.485 e. The molecule has 0 radical (unpaired) electrons. The molecule has 1 atom stereocenters. The second kappa shape index (κ2) is 9.06. The average Bonchev–Trinajstić information content (AvgIpc) is 3.21. The first kappa shape index (κ1) is 20.6. The highest BCUT2D eigenvalue weighted by Gasteiger charge is 2.16. The van der Waals surface area contributed by atoms with Crippen LogP contribution in [0.2, 0.25) is 5.02 Å². The van der Waals surface area contributed by atoms with E-state index in [9.17, 15) is 0 Å². The van der Waals surface area contributed by atoms with Crippen LogP contribution in [0.5, 0.6) is 5.75 Å².